The molecule has 0 aliphatic heterocycles. The SMILES string of the molecule is COc1nc(Cl)nc(NCCC([Se])C#N)n1. The summed E-state index contributed by atoms with van der Waals surface area (Å²) in [7, 11) is 1.45. The molecule has 0 fully saturated rings. The number of methoxy groups -OCH3 is 1. The van der Waals surface area contributed by atoms with E-state index < -0.39 is 0 Å². The van der Waals surface area contributed by atoms with Gasteiger partial charge >= 0.3 is 106 Å². The summed E-state index contributed by atoms with van der Waals surface area (Å²) in [5.41, 5.74) is 0. The van der Waals surface area contributed by atoms with Gasteiger partial charge in [0.05, 0.1) is 0 Å². The first-order valence-corrected chi connectivity index (χ1v) is 5.77. The fourth-order valence-corrected chi connectivity index (χ4v) is 1.28. The second-order valence-corrected chi connectivity index (χ2v) is 4.28. The average Bonchev–Trinajstić information content (AvgIpc) is 2.28. The summed E-state index contributed by atoms with van der Waals surface area (Å²) in [4.78, 5) is 11.4. The fraction of sp³-hybridized carbons (Fsp3) is 0.500. The van der Waals surface area contributed by atoms with Gasteiger partial charge in [-0.25, -0.2) is 0 Å². The zero-order valence-corrected chi connectivity index (χ0v) is 10.9. The van der Waals surface area contributed by atoms with Crippen molar-refractivity contribution >= 4 is 33.6 Å². The van der Waals surface area contributed by atoms with Crippen LogP contribution >= 0.6 is 11.6 Å². The van der Waals surface area contributed by atoms with Crippen molar-refractivity contribution in [1.29, 1.82) is 5.26 Å². The van der Waals surface area contributed by atoms with E-state index in [9.17, 15) is 0 Å². The molecule has 0 spiro atoms. The van der Waals surface area contributed by atoms with Crippen molar-refractivity contribution in [2.24, 2.45) is 0 Å². The van der Waals surface area contributed by atoms with Gasteiger partial charge in [0, 0.05) is 0 Å². The third-order valence-corrected chi connectivity index (χ3v) is 2.49. The summed E-state index contributed by atoms with van der Waals surface area (Å²) in [6.45, 7) is 0.564. The molecule has 0 aliphatic rings. The van der Waals surface area contributed by atoms with Gasteiger partial charge in [-0.3, -0.25) is 0 Å². The number of halogens is 1. The minimum atomic E-state index is -0.133. The van der Waals surface area contributed by atoms with Crippen LogP contribution in [0.15, 0.2) is 0 Å². The number of hydrogen-bond acceptors (Lipinski definition) is 6. The molecule has 1 aromatic heterocycles. The molecule has 1 radical (unpaired) electrons. The van der Waals surface area contributed by atoms with E-state index in [2.05, 4.69) is 42.4 Å². The van der Waals surface area contributed by atoms with Crippen molar-refractivity contribution in [2.75, 3.05) is 19.0 Å². The Morgan fingerprint density at radius 3 is 2.94 bits per heavy atom. The Morgan fingerprint density at radius 1 is 1.56 bits per heavy atom. The third-order valence-electron chi connectivity index (χ3n) is 1.60. The van der Waals surface area contributed by atoms with Gasteiger partial charge in [0.2, 0.25) is 0 Å². The number of aromatic nitrogens is 3. The molecule has 0 aromatic carbocycles. The van der Waals surface area contributed by atoms with Gasteiger partial charge in [0.25, 0.3) is 0 Å². The number of ether oxygens (including phenoxy) is 1. The fourth-order valence-electron chi connectivity index (χ4n) is 0.882. The molecule has 6 nitrogen and oxygen atoms in total. The van der Waals surface area contributed by atoms with Gasteiger partial charge in [0.1, 0.15) is 0 Å². The molecule has 1 unspecified atom stereocenters. The van der Waals surface area contributed by atoms with E-state index in [1.165, 1.54) is 7.11 Å². The summed E-state index contributed by atoms with van der Waals surface area (Å²) in [5, 5.41) is 11.6. The quantitative estimate of drug-likeness (QED) is 0.811. The Kier molecular flexibility index (Phi) is 5.26. The van der Waals surface area contributed by atoms with Crippen LogP contribution < -0.4 is 10.1 Å². The predicted octanol–water partition coefficient (Wildman–Crippen LogP) is 0.816. The van der Waals surface area contributed by atoms with Crippen LogP contribution in [-0.4, -0.2) is 44.6 Å². The van der Waals surface area contributed by atoms with Gasteiger partial charge in [-0.15, -0.1) is 0 Å². The molecule has 1 aromatic rings. The van der Waals surface area contributed by atoms with Crippen molar-refractivity contribution in [1.82, 2.24) is 15.0 Å². The minimum absolute atomic E-state index is 0.0641. The maximum absolute atomic E-state index is 8.57. The second-order valence-electron chi connectivity index (χ2n) is 2.75. The van der Waals surface area contributed by atoms with Crippen molar-refractivity contribution in [2.45, 2.75) is 11.2 Å². The van der Waals surface area contributed by atoms with Gasteiger partial charge in [0.15, 0.2) is 0 Å². The Morgan fingerprint density at radius 2 is 2.31 bits per heavy atom. The van der Waals surface area contributed by atoms with Crippen LogP contribution in [-0.2, 0) is 0 Å². The monoisotopic (exact) mass is 306 g/mol. The molecule has 0 saturated heterocycles. The van der Waals surface area contributed by atoms with Crippen LogP contribution in [0.5, 0.6) is 6.01 Å². The molecule has 0 amide bonds. The number of nitriles is 1. The first kappa shape index (κ1) is 13.0. The van der Waals surface area contributed by atoms with Gasteiger partial charge in [-0.1, -0.05) is 0 Å². The molecule has 1 N–H and O–H groups in total. The topological polar surface area (TPSA) is 83.7 Å². The molecule has 85 valence electrons. The van der Waals surface area contributed by atoms with E-state index in [-0.39, 0.29) is 16.1 Å². The Hall–Kier alpha value is -1.09. The molecule has 0 aliphatic carbocycles. The molecule has 0 saturated carbocycles. The number of rotatable bonds is 5. The summed E-state index contributed by atoms with van der Waals surface area (Å²) >= 11 is 8.40. The number of anilines is 1. The molecule has 0 bridgehead atoms. The van der Waals surface area contributed by atoms with Crippen LogP contribution in [0.25, 0.3) is 0 Å². The van der Waals surface area contributed by atoms with Gasteiger partial charge in [-0.05, 0) is 0 Å². The number of nitrogens with one attached hydrogen (secondary N) is 1. The van der Waals surface area contributed by atoms with Crippen LogP contribution in [0.3, 0.4) is 0 Å². The summed E-state index contributed by atoms with van der Waals surface area (Å²) < 4.78 is 4.84. The first-order chi connectivity index (χ1) is 7.65. The zero-order chi connectivity index (χ0) is 12.0. The normalized spacial score (nSPS) is 11.6. The summed E-state index contributed by atoms with van der Waals surface area (Å²) in [6, 6.07) is 2.24. The molecule has 1 heterocycles. The number of hydrogen-bond donors (Lipinski definition) is 1. The molecule has 1 atom stereocenters. The molecule has 1 rings (SSSR count). The van der Waals surface area contributed by atoms with Crippen molar-refractivity contribution < 1.29 is 4.74 Å². The Labute approximate surface area is 106 Å². The summed E-state index contributed by atoms with van der Waals surface area (Å²) in [6.07, 6.45) is 0.655. The molecular weight excluding hydrogens is 297 g/mol. The van der Waals surface area contributed by atoms with Gasteiger partial charge < -0.3 is 0 Å². The van der Waals surface area contributed by atoms with Crippen LogP contribution in [0, 0.1) is 11.3 Å². The van der Waals surface area contributed by atoms with Crippen molar-refractivity contribution in [3.63, 3.8) is 0 Å². The van der Waals surface area contributed by atoms with E-state index in [1.54, 1.807) is 0 Å². The van der Waals surface area contributed by atoms with Crippen LogP contribution in [0.2, 0.25) is 10.1 Å². The van der Waals surface area contributed by atoms with Crippen LogP contribution in [0.1, 0.15) is 6.42 Å². The van der Waals surface area contributed by atoms with Crippen molar-refractivity contribution in [3.8, 4) is 12.1 Å². The Balaban J connectivity index is 2.54. The van der Waals surface area contributed by atoms with Crippen molar-refractivity contribution in [3.05, 3.63) is 5.28 Å². The average molecular weight is 306 g/mol. The number of nitrogens with zero attached hydrogens (tertiary/aromatic N) is 4. The first-order valence-electron chi connectivity index (χ1n) is 4.40. The van der Waals surface area contributed by atoms with E-state index in [1.807, 2.05) is 0 Å². The van der Waals surface area contributed by atoms with Crippen LogP contribution in [0.4, 0.5) is 5.95 Å². The van der Waals surface area contributed by atoms with E-state index in [0.717, 1.165) is 0 Å². The molecule has 16 heavy (non-hydrogen) atoms. The van der Waals surface area contributed by atoms with E-state index in [4.69, 9.17) is 21.6 Å². The Bertz CT molecular complexity index is 397. The predicted molar refractivity (Wildman–Crippen MR) is 59.6 cm³/mol. The standard InChI is InChI=1S/C8H9ClN5OSe/c1-15-8-13-6(9)12-7(14-8)11-3-2-5(16)4-10/h5H,2-3H2,1H3,(H,11,12,13,14). The van der Waals surface area contributed by atoms with E-state index in [0.29, 0.717) is 18.9 Å². The van der Waals surface area contributed by atoms with E-state index >= 15 is 0 Å². The van der Waals surface area contributed by atoms with Gasteiger partial charge in [-0.2, -0.15) is 0 Å². The summed E-state index contributed by atoms with van der Waals surface area (Å²) in [5.74, 6) is 0.335. The zero-order valence-electron chi connectivity index (χ0n) is 8.47. The molecular formula is C8H9ClN5OSe. The molecule has 8 heteroatoms. The second kappa shape index (κ2) is 6.48. The third kappa shape index (κ3) is 4.19. The maximum atomic E-state index is 8.57.